The number of phenolic OH excluding ortho intramolecular Hbond substituents is 1. The van der Waals surface area contributed by atoms with Gasteiger partial charge in [-0.25, -0.2) is 4.79 Å². The number of carbonyl (C=O) groups excluding carboxylic acids is 1. The van der Waals surface area contributed by atoms with Gasteiger partial charge < -0.3 is 14.3 Å². The van der Waals surface area contributed by atoms with Crippen molar-refractivity contribution in [2.75, 3.05) is 13.7 Å². The molecule has 6 heteroatoms. The van der Waals surface area contributed by atoms with E-state index in [2.05, 4.69) is 25.7 Å². The Bertz CT molecular complexity index is 1070. The number of likely N-dealkylation sites (tertiary alicyclic amines) is 1. The van der Waals surface area contributed by atoms with Crippen molar-refractivity contribution in [1.29, 1.82) is 0 Å². The molecule has 1 N–H and O–H groups in total. The number of hydrogen-bond donors (Lipinski definition) is 1. The number of hydrogen-bond acceptors (Lipinski definition) is 6. The molecule has 0 amide bonds. The summed E-state index contributed by atoms with van der Waals surface area (Å²) < 4.78 is 10.4. The summed E-state index contributed by atoms with van der Waals surface area (Å²) in [6.07, 6.45) is 3.35. The standard InChI is InChI=1S/C24H31NO5/c1-14-16-6-7-19(26)18(21(16)30-22(28)17(14)8-20(27)29-5)11-25-13-24(4)10-15(25)9-23(2,3)12-24/h6-7,15,26H,8-13H2,1-5H3/t15-,24+/m1/s1. The summed E-state index contributed by atoms with van der Waals surface area (Å²) in [6.45, 7) is 10.3. The van der Waals surface area contributed by atoms with Crippen molar-refractivity contribution in [3.8, 4) is 5.75 Å². The zero-order valence-electron chi connectivity index (χ0n) is 18.5. The second kappa shape index (κ2) is 7.12. The Kier molecular flexibility index (Phi) is 4.96. The van der Waals surface area contributed by atoms with Crippen molar-refractivity contribution < 1.29 is 19.1 Å². The summed E-state index contributed by atoms with van der Waals surface area (Å²) in [6, 6.07) is 3.86. The normalized spacial score (nSPS) is 25.6. The van der Waals surface area contributed by atoms with Crippen LogP contribution in [0.25, 0.3) is 11.0 Å². The summed E-state index contributed by atoms with van der Waals surface area (Å²) in [7, 11) is 1.30. The minimum Gasteiger partial charge on any atom is -0.507 e. The Morgan fingerprint density at radius 2 is 2.00 bits per heavy atom. The number of methoxy groups -OCH3 is 1. The maximum absolute atomic E-state index is 12.7. The van der Waals surface area contributed by atoms with Crippen LogP contribution in [0, 0.1) is 17.8 Å². The van der Waals surface area contributed by atoms with E-state index in [9.17, 15) is 14.7 Å². The van der Waals surface area contributed by atoms with Gasteiger partial charge in [-0.15, -0.1) is 0 Å². The Labute approximate surface area is 176 Å². The van der Waals surface area contributed by atoms with Crippen LogP contribution in [-0.2, 0) is 22.5 Å². The summed E-state index contributed by atoms with van der Waals surface area (Å²) in [5, 5.41) is 11.4. The third-order valence-corrected chi connectivity index (χ3v) is 6.97. The van der Waals surface area contributed by atoms with E-state index < -0.39 is 11.6 Å². The molecule has 6 nitrogen and oxygen atoms in total. The highest BCUT2D eigenvalue weighted by atomic mass is 16.5. The number of benzene rings is 1. The van der Waals surface area contributed by atoms with Crippen LogP contribution >= 0.6 is 0 Å². The summed E-state index contributed by atoms with van der Waals surface area (Å²) in [5.74, 6) is -0.347. The molecule has 2 aromatic rings. The Morgan fingerprint density at radius 1 is 1.27 bits per heavy atom. The lowest BCUT2D eigenvalue weighted by Crippen LogP contribution is -2.34. The first-order chi connectivity index (χ1) is 14.0. The molecule has 2 heterocycles. The topological polar surface area (TPSA) is 80.0 Å². The van der Waals surface area contributed by atoms with E-state index in [0.29, 0.717) is 40.3 Å². The van der Waals surface area contributed by atoms with Gasteiger partial charge in [-0.3, -0.25) is 9.69 Å². The zero-order valence-corrected chi connectivity index (χ0v) is 18.5. The highest BCUT2D eigenvalue weighted by molar-refractivity contribution is 5.87. The molecule has 4 rings (SSSR count). The van der Waals surface area contributed by atoms with Gasteiger partial charge in [0.2, 0.25) is 0 Å². The molecular weight excluding hydrogens is 382 g/mol. The highest BCUT2D eigenvalue weighted by Gasteiger charge is 2.49. The number of nitrogens with zero attached hydrogens (tertiary/aromatic N) is 1. The Hall–Kier alpha value is -2.34. The van der Waals surface area contributed by atoms with Gasteiger partial charge in [0.25, 0.3) is 0 Å². The predicted molar refractivity (Wildman–Crippen MR) is 115 cm³/mol. The molecule has 1 aromatic heterocycles. The molecule has 30 heavy (non-hydrogen) atoms. The van der Waals surface area contributed by atoms with Crippen molar-refractivity contribution in [2.45, 2.75) is 66.0 Å². The van der Waals surface area contributed by atoms with Crippen LogP contribution < -0.4 is 5.63 Å². The lowest BCUT2D eigenvalue weighted by atomic mass is 9.65. The molecule has 2 aliphatic rings. The van der Waals surface area contributed by atoms with Gasteiger partial charge in [-0.1, -0.05) is 20.8 Å². The maximum atomic E-state index is 12.7. The van der Waals surface area contributed by atoms with Crippen LogP contribution in [0.15, 0.2) is 21.3 Å². The van der Waals surface area contributed by atoms with E-state index in [1.165, 1.54) is 13.5 Å². The Morgan fingerprint density at radius 3 is 2.70 bits per heavy atom. The number of phenols is 1. The molecule has 0 unspecified atom stereocenters. The molecule has 0 spiro atoms. The van der Waals surface area contributed by atoms with Crippen molar-refractivity contribution >= 4 is 16.9 Å². The van der Waals surface area contributed by atoms with Crippen molar-refractivity contribution in [3.63, 3.8) is 0 Å². The van der Waals surface area contributed by atoms with Gasteiger partial charge in [-0.05, 0) is 54.7 Å². The van der Waals surface area contributed by atoms with Gasteiger partial charge in [0.1, 0.15) is 11.3 Å². The predicted octanol–water partition coefficient (Wildman–Crippen LogP) is 3.92. The number of esters is 1. The van der Waals surface area contributed by atoms with E-state index in [1.54, 1.807) is 12.1 Å². The number of fused-ring (bicyclic) bond motifs is 3. The molecule has 2 fully saturated rings. The molecule has 0 radical (unpaired) electrons. The molecule has 2 atom stereocenters. The average molecular weight is 414 g/mol. The smallest absolute Gasteiger partial charge is 0.340 e. The monoisotopic (exact) mass is 413 g/mol. The van der Waals surface area contributed by atoms with Gasteiger partial charge in [-0.2, -0.15) is 0 Å². The van der Waals surface area contributed by atoms with Gasteiger partial charge >= 0.3 is 11.6 Å². The fourth-order valence-corrected chi connectivity index (χ4v) is 6.04. The molecule has 2 bridgehead atoms. The van der Waals surface area contributed by atoms with Crippen LogP contribution in [0.5, 0.6) is 5.75 Å². The van der Waals surface area contributed by atoms with E-state index in [0.717, 1.165) is 24.8 Å². The van der Waals surface area contributed by atoms with E-state index >= 15 is 0 Å². The van der Waals surface area contributed by atoms with Crippen LogP contribution in [0.4, 0.5) is 0 Å². The van der Waals surface area contributed by atoms with E-state index in [4.69, 9.17) is 9.15 Å². The highest BCUT2D eigenvalue weighted by Crippen LogP contribution is 2.53. The lowest BCUT2D eigenvalue weighted by Gasteiger charge is -2.40. The number of aromatic hydroxyl groups is 1. The third kappa shape index (κ3) is 3.62. The maximum Gasteiger partial charge on any atom is 0.340 e. The largest absolute Gasteiger partial charge is 0.507 e. The summed E-state index contributed by atoms with van der Waals surface area (Å²) in [4.78, 5) is 26.8. The van der Waals surface area contributed by atoms with Crippen molar-refractivity contribution in [3.05, 3.63) is 39.2 Å². The fourth-order valence-electron chi connectivity index (χ4n) is 6.04. The summed E-state index contributed by atoms with van der Waals surface area (Å²) >= 11 is 0. The number of aryl methyl sites for hydroxylation is 1. The van der Waals surface area contributed by atoms with Crippen LogP contribution in [0.2, 0.25) is 0 Å². The second-order valence-electron chi connectivity index (χ2n) is 10.3. The van der Waals surface area contributed by atoms with Crippen molar-refractivity contribution in [2.24, 2.45) is 10.8 Å². The van der Waals surface area contributed by atoms with Crippen LogP contribution in [0.1, 0.15) is 56.7 Å². The average Bonchev–Trinajstić information content (AvgIpc) is 2.88. The second-order valence-corrected chi connectivity index (χ2v) is 10.3. The molecule has 1 saturated heterocycles. The van der Waals surface area contributed by atoms with Gasteiger partial charge in [0.15, 0.2) is 0 Å². The first-order valence-corrected chi connectivity index (χ1v) is 10.6. The zero-order chi connectivity index (χ0) is 21.8. The van der Waals surface area contributed by atoms with Crippen molar-refractivity contribution in [1.82, 2.24) is 4.90 Å². The molecular formula is C24H31NO5. The van der Waals surface area contributed by atoms with E-state index in [1.807, 2.05) is 6.92 Å². The SMILES string of the molecule is COC(=O)Cc1c(C)c2ccc(O)c(CN3C[C@@]4(C)C[C@H]3CC(C)(C)C4)c2oc1=O. The fraction of sp³-hybridized carbons (Fsp3) is 0.583. The molecule has 1 saturated carbocycles. The van der Waals surface area contributed by atoms with Gasteiger partial charge in [0, 0.05) is 24.5 Å². The summed E-state index contributed by atoms with van der Waals surface area (Å²) in [5.41, 5.74) is 2.09. The van der Waals surface area contributed by atoms with Crippen LogP contribution in [0.3, 0.4) is 0 Å². The molecule has 1 aromatic carbocycles. The van der Waals surface area contributed by atoms with Crippen LogP contribution in [-0.4, -0.2) is 35.7 Å². The number of ether oxygens (including phenoxy) is 1. The number of carbonyl (C=O) groups is 1. The van der Waals surface area contributed by atoms with E-state index in [-0.39, 0.29) is 17.6 Å². The molecule has 1 aliphatic carbocycles. The molecule has 162 valence electrons. The first-order valence-electron chi connectivity index (χ1n) is 10.6. The first kappa shape index (κ1) is 20.9. The Balaban J connectivity index is 1.74. The quantitative estimate of drug-likeness (QED) is 0.604. The minimum atomic E-state index is -0.550. The number of rotatable bonds is 4. The minimum absolute atomic E-state index is 0.127. The third-order valence-electron chi connectivity index (χ3n) is 6.97. The van der Waals surface area contributed by atoms with Gasteiger partial charge in [0.05, 0.1) is 24.7 Å². The molecule has 1 aliphatic heterocycles. The lowest BCUT2D eigenvalue weighted by molar-refractivity contribution is -0.139.